The number of anilines is 1. The van der Waals surface area contributed by atoms with Crippen LogP contribution < -0.4 is 5.32 Å². The summed E-state index contributed by atoms with van der Waals surface area (Å²) >= 11 is 0. The van der Waals surface area contributed by atoms with E-state index in [2.05, 4.69) is 29.6 Å². The van der Waals surface area contributed by atoms with E-state index in [1.54, 1.807) is 0 Å². The molecule has 0 spiro atoms. The molecule has 1 aliphatic heterocycles. The Morgan fingerprint density at radius 2 is 1.68 bits per heavy atom. The number of benzene rings is 1. The summed E-state index contributed by atoms with van der Waals surface area (Å²) < 4.78 is 0. The summed E-state index contributed by atoms with van der Waals surface area (Å²) in [5.41, 5.74) is 2.26. The van der Waals surface area contributed by atoms with Gasteiger partial charge in [0.05, 0.1) is 5.92 Å². The van der Waals surface area contributed by atoms with Gasteiger partial charge in [0.1, 0.15) is 0 Å². The lowest BCUT2D eigenvalue weighted by Crippen LogP contribution is -2.29. The Bertz CT molecular complexity index is 585. The molecule has 5 heteroatoms. The first-order valence-corrected chi connectivity index (χ1v) is 9.48. The van der Waals surface area contributed by atoms with Crippen LogP contribution >= 0.6 is 0 Å². The van der Waals surface area contributed by atoms with E-state index >= 15 is 0 Å². The Balaban J connectivity index is 1.43. The standard InChI is InChI=1S/C20H28N2O3/c23-19(22-13-1-2-14-22)12-5-15-3-8-17(9-4-15)21-18-10-6-16(7-11-18)20(24)25/h3-4,8-9,16,18,21H,1-2,5-7,10-14H2,(H,24,25). The van der Waals surface area contributed by atoms with Crippen molar-refractivity contribution < 1.29 is 14.7 Å². The van der Waals surface area contributed by atoms with Gasteiger partial charge in [-0.25, -0.2) is 0 Å². The molecule has 1 saturated carbocycles. The van der Waals surface area contributed by atoms with Crippen LogP contribution in [-0.4, -0.2) is 41.0 Å². The molecule has 3 rings (SSSR count). The van der Waals surface area contributed by atoms with E-state index in [1.807, 2.05) is 4.90 Å². The molecular formula is C20H28N2O3. The number of hydrogen-bond donors (Lipinski definition) is 2. The average Bonchev–Trinajstić information content (AvgIpc) is 3.16. The van der Waals surface area contributed by atoms with Gasteiger partial charge in [-0.1, -0.05) is 12.1 Å². The lowest BCUT2D eigenvalue weighted by Gasteiger charge is -2.27. The molecule has 0 radical (unpaired) electrons. The van der Waals surface area contributed by atoms with E-state index in [4.69, 9.17) is 5.11 Å². The number of aliphatic carboxylic acids is 1. The van der Waals surface area contributed by atoms with Gasteiger partial charge in [-0.05, 0) is 62.6 Å². The molecule has 2 fully saturated rings. The van der Waals surface area contributed by atoms with E-state index in [0.717, 1.165) is 63.7 Å². The van der Waals surface area contributed by atoms with E-state index in [-0.39, 0.29) is 11.8 Å². The molecule has 25 heavy (non-hydrogen) atoms. The van der Waals surface area contributed by atoms with Crippen LogP contribution in [-0.2, 0) is 16.0 Å². The highest BCUT2D eigenvalue weighted by Crippen LogP contribution is 2.27. The normalized spacial score (nSPS) is 23.4. The predicted octanol–water partition coefficient (Wildman–Crippen LogP) is 3.30. The van der Waals surface area contributed by atoms with Crippen LogP contribution in [0.2, 0.25) is 0 Å². The van der Waals surface area contributed by atoms with Gasteiger partial charge in [-0.3, -0.25) is 9.59 Å². The number of rotatable bonds is 6. The first-order valence-electron chi connectivity index (χ1n) is 9.48. The number of nitrogens with zero attached hydrogens (tertiary/aromatic N) is 1. The number of aryl methyl sites for hydroxylation is 1. The van der Waals surface area contributed by atoms with Gasteiger partial charge >= 0.3 is 5.97 Å². The fourth-order valence-electron chi connectivity index (χ4n) is 3.86. The van der Waals surface area contributed by atoms with Crippen LogP contribution in [0.1, 0.15) is 50.5 Å². The number of hydrogen-bond acceptors (Lipinski definition) is 3. The Kier molecular flexibility index (Phi) is 5.95. The van der Waals surface area contributed by atoms with Crippen molar-refractivity contribution in [3.63, 3.8) is 0 Å². The second-order valence-electron chi connectivity index (χ2n) is 7.32. The topological polar surface area (TPSA) is 69.6 Å². The number of amides is 1. The molecule has 2 N–H and O–H groups in total. The van der Waals surface area contributed by atoms with E-state index in [1.165, 1.54) is 5.56 Å². The molecule has 136 valence electrons. The molecule has 0 bridgehead atoms. The van der Waals surface area contributed by atoms with Gasteiger partial charge in [-0.15, -0.1) is 0 Å². The van der Waals surface area contributed by atoms with Gasteiger partial charge in [0.15, 0.2) is 0 Å². The number of carboxylic acid groups (broad SMARTS) is 1. The second kappa shape index (κ2) is 8.37. The molecule has 0 unspecified atom stereocenters. The van der Waals surface area contributed by atoms with Crippen molar-refractivity contribution in [3.8, 4) is 0 Å². The minimum Gasteiger partial charge on any atom is -0.481 e. The van der Waals surface area contributed by atoms with Crippen molar-refractivity contribution in [1.29, 1.82) is 0 Å². The highest BCUT2D eigenvalue weighted by Gasteiger charge is 2.25. The summed E-state index contributed by atoms with van der Waals surface area (Å²) in [6, 6.07) is 8.67. The molecular weight excluding hydrogens is 316 g/mol. The predicted molar refractivity (Wildman–Crippen MR) is 97.6 cm³/mol. The molecule has 0 aromatic heterocycles. The Morgan fingerprint density at radius 1 is 1.04 bits per heavy atom. The Morgan fingerprint density at radius 3 is 2.28 bits per heavy atom. The maximum atomic E-state index is 12.1. The van der Waals surface area contributed by atoms with E-state index in [9.17, 15) is 9.59 Å². The third kappa shape index (κ3) is 4.97. The molecule has 1 aromatic carbocycles. The third-order valence-electron chi connectivity index (χ3n) is 5.49. The molecule has 1 heterocycles. The summed E-state index contributed by atoms with van der Waals surface area (Å²) in [7, 11) is 0. The van der Waals surface area contributed by atoms with Gasteiger partial charge in [0.25, 0.3) is 0 Å². The number of carbonyl (C=O) groups excluding carboxylic acids is 1. The summed E-state index contributed by atoms with van der Waals surface area (Å²) in [6.45, 7) is 1.84. The van der Waals surface area contributed by atoms with Crippen molar-refractivity contribution in [2.24, 2.45) is 5.92 Å². The zero-order valence-corrected chi connectivity index (χ0v) is 14.7. The molecule has 0 atom stereocenters. The highest BCUT2D eigenvalue weighted by molar-refractivity contribution is 5.76. The fraction of sp³-hybridized carbons (Fsp3) is 0.600. The van der Waals surface area contributed by atoms with Crippen molar-refractivity contribution in [1.82, 2.24) is 4.90 Å². The molecule has 2 aliphatic rings. The van der Waals surface area contributed by atoms with Gasteiger partial charge in [-0.2, -0.15) is 0 Å². The minimum absolute atomic E-state index is 0.173. The van der Waals surface area contributed by atoms with Crippen LogP contribution in [0, 0.1) is 5.92 Å². The lowest BCUT2D eigenvalue weighted by atomic mass is 9.86. The Labute approximate surface area is 149 Å². The van der Waals surface area contributed by atoms with Gasteiger partial charge in [0, 0.05) is 31.2 Å². The molecule has 1 aromatic rings. The van der Waals surface area contributed by atoms with Crippen molar-refractivity contribution in [3.05, 3.63) is 29.8 Å². The SMILES string of the molecule is O=C(O)C1CCC(Nc2ccc(CCC(=O)N3CCCC3)cc2)CC1. The Hall–Kier alpha value is -2.04. The molecule has 1 aliphatic carbocycles. The molecule has 5 nitrogen and oxygen atoms in total. The summed E-state index contributed by atoms with van der Waals surface area (Å²) in [5.74, 6) is -0.560. The van der Waals surface area contributed by atoms with Gasteiger partial charge in [0.2, 0.25) is 5.91 Å². The monoisotopic (exact) mass is 344 g/mol. The molecule has 1 saturated heterocycles. The minimum atomic E-state index is -0.661. The van der Waals surface area contributed by atoms with Crippen LogP contribution in [0.3, 0.4) is 0 Å². The number of carboxylic acids is 1. The zero-order chi connectivity index (χ0) is 17.6. The zero-order valence-electron chi connectivity index (χ0n) is 14.7. The van der Waals surface area contributed by atoms with Crippen molar-refractivity contribution in [2.75, 3.05) is 18.4 Å². The third-order valence-corrected chi connectivity index (χ3v) is 5.49. The number of carbonyl (C=O) groups is 2. The average molecular weight is 344 g/mol. The second-order valence-corrected chi connectivity index (χ2v) is 7.32. The van der Waals surface area contributed by atoms with Crippen LogP contribution in [0.25, 0.3) is 0 Å². The molecule has 1 amide bonds. The van der Waals surface area contributed by atoms with Crippen LogP contribution in [0.15, 0.2) is 24.3 Å². The van der Waals surface area contributed by atoms with Crippen LogP contribution in [0.4, 0.5) is 5.69 Å². The first kappa shape index (κ1) is 17.8. The largest absolute Gasteiger partial charge is 0.481 e. The highest BCUT2D eigenvalue weighted by atomic mass is 16.4. The summed E-state index contributed by atoms with van der Waals surface area (Å²) in [6.07, 6.45) is 6.98. The quantitative estimate of drug-likeness (QED) is 0.831. The smallest absolute Gasteiger partial charge is 0.306 e. The fourth-order valence-corrected chi connectivity index (χ4v) is 3.86. The van der Waals surface area contributed by atoms with E-state index < -0.39 is 5.97 Å². The van der Waals surface area contributed by atoms with Crippen molar-refractivity contribution in [2.45, 2.75) is 57.4 Å². The van der Waals surface area contributed by atoms with Crippen molar-refractivity contribution >= 4 is 17.6 Å². The maximum Gasteiger partial charge on any atom is 0.306 e. The lowest BCUT2D eigenvalue weighted by molar-refractivity contribution is -0.142. The van der Waals surface area contributed by atoms with Gasteiger partial charge < -0.3 is 15.3 Å². The maximum absolute atomic E-state index is 12.1. The number of likely N-dealkylation sites (tertiary alicyclic amines) is 1. The summed E-state index contributed by atoms with van der Waals surface area (Å²) in [5, 5.41) is 12.6. The van der Waals surface area contributed by atoms with E-state index in [0.29, 0.717) is 12.5 Å². The first-order chi connectivity index (χ1) is 12.1. The van der Waals surface area contributed by atoms with Crippen LogP contribution in [0.5, 0.6) is 0 Å². The number of nitrogens with one attached hydrogen (secondary N) is 1. The summed E-state index contributed by atoms with van der Waals surface area (Å²) in [4.78, 5) is 25.1.